The molecule has 0 saturated carbocycles. The fourth-order valence-corrected chi connectivity index (χ4v) is 10.8. The van der Waals surface area contributed by atoms with E-state index < -0.39 is 16.8 Å². The maximum absolute atomic E-state index is 6.76. The van der Waals surface area contributed by atoms with Crippen LogP contribution in [0.5, 0.6) is 23.0 Å². The first-order chi connectivity index (χ1) is 40.4. The van der Waals surface area contributed by atoms with Gasteiger partial charge in [-0.2, -0.15) is 0 Å². The van der Waals surface area contributed by atoms with Gasteiger partial charge in [-0.05, 0) is 187 Å². The molecule has 84 heavy (non-hydrogen) atoms. The van der Waals surface area contributed by atoms with Crippen LogP contribution in [-0.2, 0) is 0 Å². The Bertz CT molecular complexity index is 3400. The summed E-state index contributed by atoms with van der Waals surface area (Å²) in [5, 5.41) is 0. The second kappa shape index (κ2) is 27.1. The average molecular weight is 1130 g/mol. The lowest BCUT2D eigenvalue weighted by Crippen LogP contribution is -2.40. The molecule has 6 N–H and O–H groups in total. The highest BCUT2D eigenvalue weighted by Crippen LogP contribution is 2.41. The van der Waals surface area contributed by atoms with Crippen molar-refractivity contribution in [1.29, 1.82) is 0 Å². The summed E-state index contributed by atoms with van der Waals surface area (Å²) in [6, 6.07) is 33.0. The highest BCUT2D eigenvalue weighted by molar-refractivity contribution is 6.39. The third-order valence-corrected chi connectivity index (χ3v) is 17.4. The van der Waals surface area contributed by atoms with Crippen molar-refractivity contribution in [2.45, 2.75) is 144 Å². The molecule has 4 aromatic carbocycles. The van der Waals surface area contributed by atoms with Crippen molar-refractivity contribution in [1.82, 2.24) is 0 Å². The van der Waals surface area contributed by atoms with Crippen molar-refractivity contribution >= 4 is 45.1 Å². The Morgan fingerprint density at radius 1 is 0.369 bits per heavy atom. The molecule has 3 unspecified atom stereocenters. The number of nitrogens with zero attached hydrogens (tertiary/aromatic N) is 4. The Balaban J connectivity index is 1.23. The SMILES string of the molecule is CCCCCCCCCCCOc1cccc(C2=C3C=CC(=N3)C(c3cccc(OC(C)(C)C(C)CN)c3)=C3C=CC(=N3)C(c3cccc(OC(C)(C)C(C)CN)c3)=C3C=CC(=N3)C(c3cccc(OC(C)(C)C(C)CN)c3)=C3C=CC2=N3)c1. The van der Waals surface area contributed by atoms with Crippen LogP contribution in [-0.4, -0.2) is 65.9 Å². The number of hydrogen-bond acceptors (Lipinski definition) is 11. The molecular formula is C73H89N7O4. The van der Waals surface area contributed by atoms with E-state index in [-0.39, 0.29) is 17.8 Å². The van der Waals surface area contributed by atoms with Crippen LogP contribution in [0.1, 0.15) is 149 Å². The van der Waals surface area contributed by atoms with Crippen molar-refractivity contribution in [2.75, 3.05) is 26.2 Å². The zero-order valence-corrected chi connectivity index (χ0v) is 51.4. The van der Waals surface area contributed by atoms with Crippen LogP contribution in [0, 0.1) is 17.8 Å². The molecule has 3 atom stereocenters. The monoisotopic (exact) mass is 1130 g/mol. The molecule has 0 aliphatic carbocycles. The van der Waals surface area contributed by atoms with Gasteiger partial charge in [0, 0.05) is 40.0 Å². The van der Waals surface area contributed by atoms with Gasteiger partial charge in [-0.3, -0.25) is 0 Å². The third-order valence-electron chi connectivity index (χ3n) is 17.4. The molecule has 4 aromatic rings. The third kappa shape index (κ3) is 14.4. The number of fused-ring (bicyclic) bond motifs is 4. The summed E-state index contributed by atoms with van der Waals surface area (Å²) in [5.74, 6) is 3.25. The van der Waals surface area contributed by atoms with Gasteiger partial charge in [0.2, 0.25) is 0 Å². The molecule has 0 radical (unpaired) electrons. The van der Waals surface area contributed by atoms with Crippen LogP contribution in [0.3, 0.4) is 0 Å². The van der Waals surface area contributed by atoms with Crippen LogP contribution in [0.2, 0.25) is 0 Å². The first-order valence-corrected chi connectivity index (χ1v) is 30.7. The maximum atomic E-state index is 6.76. The van der Waals surface area contributed by atoms with Gasteiger partial charge >= 0.3 is 0 Å². The molecule has 5 aliphatic rings. The Morgan fingerprint density at radius 3 is 0.940 bits per heavy atom. The van der Waals surface area contributed by atoms with Crippen LogP contribution >= 0.6 is 0 Å². The smallest absolute Gasteiger partial charge is 0.120 e. The van der Waals surface area contributed by atoms with Crippen molar-refractivity contribution in [3.05, 3.63) is 191 Å². The molecule has 0 amide bonds. The highest BCUT2D eigenvalue weighted by atomic mass is 16.5. The van der Waals surface area contributed by atoms with Gasteiger partial charge in [-0.1, -0.05) is 128 Å². The molecule has 440 valence electrons. The highest BCUT2D eigenvalue weighted by Gasteiger charge is 2.33. The Labute approximate surface area is 500 Å². The number of unbranched alkanes of at least 4 members (excludes halogenated alkanes) is 8. The summed E-state index contributed by atoms with van der Waals surface area (Å²) in [7, 11) is 0. The van der Waals surface area contributed by atoms with Crippen molar-refractivity contribution in [2.24, 2.45) is 54.9 Å². The van der Waals surface area contributed by atoms with Gasteiger partial charge in [0.25, 0.3) is 0 Å². The number of benzene rings is 4. The molecule has 5 heterocycles. The fourth-order valence-electron chi connectivity index (χ4n) is 10.8. The van der Waals surface area contributed by atoms with E-state index in [1.807, 2.05) is 42.5 Å². The number of nitrogens with two attached hydrogens (primary N) is 3. The number of hydrogen-bond donors (Lipinski definition) is 3. The summed E-state index contributed by atoms with van der Waals surface area (Å²) in [5.41, 5.74) is 30.0. The van der Waals surface area contributed by atoms with Gasteiger partial charge in [-0.15, -0.1) is 0 Å². The Hall–Kier alpha value is -7.44. The summed E-state index contributed by atoms with van der Waals surface area (Å²) < 4.78 is 26.8. The lowest BCUT2D eigenvalue weighted by Gasteiger charge is -2.32. The normalized spacial score (nSPS) is 17.0. The van der Waals surface area contributed by atoms with Crippen molar-refractivity contribution in [3.63, 3.8) is 0 Å². The van der Waals surface area contributed by atoms with E-state index in [2.05, 4.69) is 172 Å². The summed E-state index contributed by atoms with van der Waals surface area (Å²) in [6.07, 6.45) is 28.0. The second-order valence-electron chi connectivity index (χ2n) is 24.7. The maximum Gasteiger partial charge on any atom is 0.120 e. The van der Waals surface area contributed by atoms with Crippen LogP contribution in [0.15, 0.2) is 188 Å². The van der Waals surface area contributed by atoms with E-state index in [4.69, 9.17) is 56.1 Å². The minimum Gasteiger partial charge on any atom is -0.494 e. The summed E-state index contributed by atoms with van der Waals surface area (Å²) in [4.78, 5) is 22.4. The average Bonchev–Trinajstić information content (AvgIpc) is 2.52. The van der Waals surface area contributed by atoms with E-state index in [1.165, 1.54) is 44.9 Å². The first-order valence-electron chi connectivity index (χ1n) is 30.7. The zero-order chi connectivity index (χ0) is 59.6. The summed E-state index contributed by atoms with van der Waals surface area (Å²) in [6.45, 7) is 23.2. The molecule has 0 saturated heterocycles. The van der Waals surface area contributed by atoms with E-state index in [1.54, 1.807) is 0 Å². The lowest BCUT2D eigenvalue weighted by atomic mass is 9.92. The van der Waals surface area contributed by atoms with Crippen molar-refractivity contribution in [3.8, 4) is 23.0 Å². The summed E-state index contributed by atoms with van der Waals surface area (Å²) >= 11 is 0. The van der Waals surface area contributed by atoms with Crippen molar-refractivity contribution < 1.29 is 18.9 Å². The van der Waals surface area contributed by atoms with Gasteiger partial charge in [-0.25, -0.2) is 20.0 Å². The molecule has 0 aromatic heterocycles. The molecule has 0 spiro atoms. The predicted octanol–water partition coefficient (Wildman–Crippen LogP) is 15.9. The minimum atomic E-state index is -0.535. The standard InChI is InChI=1S/C73H89N7O4/c1-11-12-13-14-15-16-17-18-19-40-81-55-28-20-24-51(41-55)67-59-32-34-61(77-59)68(52-25-21-29-56(42-52)82-71(5,6)48(2)45-74)63-36-38-65(79-63)70(54-27-23-31-58(44-54)84-73(9,10)50(4)47-76)66-39-37-64(80-66)69(62-35-33-60(67)78-62)53-26-22-30-57(43-53)83-72(7,8)49(3)46-75/h20-39,41-44,48-50H,11-19,40,45-47,74-76H2,1-10H3. The molecule has 11 heteroatoms. The van der Waals surface area contributed by atoms with Gasteiger partial charge in [0.15, 0.2) is 0 Å². The molecule has 5 aliphatic heterocycles. The second-order valence-corrected chi connectivity index (χ2v) is 24.7. The van der Waals surface area contributed by atoms with Gasteiger partial charge < -0.3 is 36.1 Å². The molecular weight excluding hydrogens is 1040 g/mol. The lowest BCUT2D eigenvalue weighted by molar-refractivity contribution is 0.0553. The Morgan fingerprint density at radius 2 is 0.643 bits per heavy atom. The van der Waals surface area contributed by atoms with E-state index in [0.717, 1.165) is 120 Å². The number of aliphatic imine (C=N–C) groups is 4. The number of rotatable bonds is 27. The van der Waals surface area contributed by atoms with Gasteiger partial charge in [0.05, 0.1) is 52.2 Å². The van der Waals surface area contributed by atoms with E-state index in [0.29, 0.717) is 32.0 Å². The largest absolute Gasteiger partial charge is 0.494 e. The topological polar surface area (TPSA) is 164 Å². The minimum absolute atomic E-state index is 0.0960. The predicted molar refractivity (Wildman–Crippen MR) is 351 cm³/mol. The van der Waals surface area contributed by atoms with Gasteiger partial charge in [0.1, 0.15) is 39.8 Å². The van der Waals surface area contributed by atoms with Crippen LogP contribution in [0.4, 0.5) is 0 Å². The molecule has 0 fully saturated rings. The molecule has 9 rings (SSSR count). The first kappa shape index (κ1) is 61.1. The van der Waals surface area contributed by atoms with E-state index >= 15 is 0 Å². The number of ether oxygens (including phenoxy) is 4. The zero-order valence-electron chi connectivity index (χ0n) is 51.4. The van der Waals surface area contributed by atoms with Crippen LogP contribution < -0.4 is 36.1 Å². The van der Waals surface area contributed by atoms with E-state index in [9.17, 15) is 0 Å². The molecule has 8 bridgehead atoms. The number of allylic oxidation sites excluding steroid dienone is 12. The molecule has 11 nitrogen and oxygen atoms in total. The quantitative estimate of drug-likeness (QED) is 0.0500. The Kier molecular flexibility index (Phi) is 19.7. The van der Waals surface area contributed by atoms with Crippen LogP contribution in [0.25, 0.3) is 22.3 Å². The fraction of sp³-hybridized carbons (Fsp3) is 0.397.